The number of aryl methyl sites for hydroxylation is 1. The zero-order valence-electron chi connectivity index (χ0n) is 17.2. The molecule has 0 saturated heterocycles. The molecule has 0 radical (unpaired) electrons. The predicted molar refractivity (Wildman–Crippen MR) is 114 cm³/mol. The van der Waals surface area contributed by atoms with E-state index < -0.39 is 5.54 Å². The summed E-state index contributed by atoms with van der Waals surface area (Å²) in [6.07, 6.45) is 7.54. The lowest BCUT2D eigenvalue weighted by Crippen LogP contribution is -2.65. The number of amides is 2. The molecule has 0 unspecified atom stereocenters. The molecule has 0 aromatic carbocycles. The summed E-state index contributed by atoms with van der Waals surface area (Å²) in [5.74, 6) is -0.0181. The molecular weight excluding hydrogens is 370 g/mol. The summed E-state index contributed by atoms with van der Waals surface area (Å²) in [5.41, 5.74) is 0.969. The predicted octanol–water partition coefficient (Wildman–Crippen LogP) is 4.34. The van der Waals surface area contributed by atoms with E-state index >= 15 is 0 Å². The van der Waals surface area contributed by atoms with Crippen molar-refractivity contribution in [3.63, 3.8) is 0 Å². The largest absolute Gasteiger partial charge is 0.351 e. The van der Waals surface area contributed by atoms with Gasteiger partial charge in [-0.3, -0.25) is 9.59 Å². The number of carbonyl (C=O) groups is 2. The van der Waals surface area contributed by atoms with Crippen molar-refractivity contribution < 1.29 is 9.59 Å². The Morgan fingerprint density at radius 2 is 2.00 bits per heavy atom. The van der Waals surface area contributed by atoms with E-state index in [0.29, 0.717) is 13.1 Å². The van der Waals surface area contributed by atoms with Gasteiger partial charge in [0.2, 0.25) is 5.91 Å². The van der Waals surface area contributed by atoms with Crippen LogP contribution < -0.4 is 5.32 Å². The molecule has 2 amide bonds. The van der Waals surface area contributed by atoms with Crippen LogP contribution in [0.2, 0.25) is 0 Å². The van der Waals surface area contributed by atoms with Crippen LogP contribution in [0.25, 0.3) is 10.2 Å². The number of hydrogen-bond donors (Lipinski definition) is 1. The minimum absolute atomic E-state index is 0.000329. The van der Waals surface area contributed by atoms with Gasteiger partial charge in [-0.1, -0.05) is 33.1 Å². The van der Waals surface area contributed by atoms with Gasteiger partial charge in [0, 0.05) is 17.5 Å². The maximum Gasteiger partial charge on any atom is 0.271 e. The van der Waals surface area contributed by atoms with E-state index in [9.17, 15) is 9.59 Å². The van der Waals surface area contributed by atoms with Crippen LogP contribution in [0.3, 0.4) is 0 Å². The second kappa shape index (κ2) is 7.54. The fourth-order valence-electron chi connectivity index (χ4n) is 4.72. The van der Waals surface area contributed by atoms with E-state index in [-0.39, 0.29) is 17.9 Å². The van der Waals surface area contributed by atoms with Crippen molar-refractivity contribution in [1.82, 2.24) is 14.8 Å². The summed E-state index contributed by atoms with van der Waals surface area (Å²) in [6, 6.07) is 4.45. The molecule has 1 fully saturated rings. The van der Waals surface area contributed by atoms with Gasteiger partial charge < -0.3 is 14.8 Å². The number of rotatable bonds is 5. The topological polar surface area (TPSA) is 54.3 Å². The van der Waals surface area contributed by atoms with Crippen molar-refractivity contribution in [2.75, 3.05) is 6.54 Å². The van der Waals surface area contributed by atoms with Gasteiger partial charge in [0.25, 0.3) is 5.91 Å². The Morgan fingerprint density at radius 1 is 1.25 bits per heavy atom. The lowest BCUT2D eigenvalue weighted by Gasteiger charge is -2.44. The zero-order chi connectivity index (χ0) is 19.9. The van der Waals surface area contributed by atoms with E-state index in [4.69, 9.17) is 0 Å². The third-order valence-corrected chi connectivity index (χ3v) is 7.61. The molecule has 1 atom stereocenters. The second-order valence-corrected chi connectivity index (χ2v) is 9.64. The summed E-state index contributed by atoms with van der Waals surface area (Å²) in [4.78, 5) is 29.9. The van der Waals surface area contributed by atoms with E-state index in [0.717, 1.165) is 41.6 Å². The Hall–Kier alpha value is -1.82. The van der Waals surface area contributed by atoms with Gasteiger partial charge in [0.1, 0.15) is 11.2 Å². The van der Waals surface area contributed by atoms with Crippen molar-refractivity contribution in [2.45, 2.75) is 83.8 Å². The van der Waals surface area contributed by atoms with Gasteiger partial charge in [0.05, 0.1) is 16.8 Å². The Labute approximate surface area is 171 Å². The number of aromatic nitrogens is 1. The maximum absolute atomic E-state index is 13.4. The van der Waals surface area contributed by atoms with Gasteiger partial charge in [-0.15, -0.1) is 11.3 Å². The number of nitrogens with one attached hydrogen (secondary N) is 1. The highest BCUT2D eigenvalue weighted by atomic mass is 32.1. The average Bonchev–Trinajstić information content (AvgIpc) is 3.24. The number of carbonyl (C=O) groups excluding carboxylic acids is 2. The van der Waals surface area contributed by atoms with E-state index in [1.807, 2.05) is 17.9 Å². The first kappa shape index (κ1) is 19.5. The van der Waals surface area contributed by atoms with Crippen molar-refractivity contribution in [3.05, 3.63) is 22.7 Å². The summed E-state index contributed by atoms with van der Waals surface area (Å²) in [7, 11) is 0. The molecule has 152 valence electrons. The highest BCUT2D eigenvalue weighted by molar-refractivity contribution is 7.19. The third-order valence-electron chi connectivity index (χ3n) is 6.39. The molecule has 2 aromatic rings. The molecule has 2 aliphatic rings. The van der Waals surface area contributed by atoms with Crippen molar-refractivity contribution >= 4 is 33.4 Å². The van der Waals surface area contributed by atoms with Gasteiger partial charge >= 0.3 is 0 Å². The molecule has 0 bridgehead atoms. The van der Waals surface area contributed by atoms with Crippen LogP contribution in [0.5, 0.6) is 0 Å². The van der Waals surface area contributed by atoms with Gasteiger partial charge in [-0.25, -0.2) is 0 Å². The van der Waals surface area contributed by atoms with Gasteiger partial charge in [-0.2, -0.15) is 0 Å². The minimum Gasteiger partial charge on any atom is -0.351 e. The van der Waals surface area contributed by atoms with E-state index in [1.54, 1.807) is 11.3 Å². The number of hydrogen-bond acceptors (Lipinski definition) is 3. The van der Waals surface area contributed by atoms with Crippen molar-refractivity contribution in [3.8, 4) is 0 Å². The van der Waals surface area contributed by atoms with Gasteiger partial charge in [-0.05, 0) is 44.7 Å². The Bertz CT molecular complexity index is 893. The molecule has 1 N–H and O–H groups in total. The smallest absolute Gasteiger partial charge is 0.271 e. The average molecular weight is 402 g/mol. The Morgan fingerprint density at radius 3 is 2.68 bits per heavy atom. The van der Waals surface area contributed by atoms with E-state index in [2.05, 4.69) is 29.8 Å². The normalized spacial score (nSPS) is 23.2. The van der Waals surface area contributed by atoms with Crippen LogP contribution in [0.1, 0.15) is 74.7 Å². The standard InChI is InChI=1S/C22H31N3O2S/c1-4-11-25-20(26)18-13-19-17(12-16(5-2)28-19)24(18)14-22(25,3)21(27)23-15-9-7-6-8-10-15/h12-13,15H,4-11,14H2,1-3H3,(H,23,27)/t22-/m0/s1. The van der Waals surface area contributed by atoms with Crippen LogP contribution in [-0.4, -0.2) is 39.4 Å². The lowest BCUT2D eigenvalue weighted by atomic mass is 9.91. The summed E-state index contributed by atoms with van der Waals surface area (Å²) in [5, 5.41) is 3.28. The molecule has 1 saturated carbocycles. The molecule has 4 rings (SSSR count). The van der Waals surface area contributed by atoms with Crippen molar-refractivity contribution in [2.24, 2.45) is 0 Å². The number of fused-ring (bicyclic) bond motifs is 3. The third kappa shape index (κ3) is 3.15. The monoisotopic (exact) mass is 401 g/mol. The number of thiophene rings is 1. The molecule has 5 nitrogen and oxygen atoms in total. The van der Waals surface area contributed by atoms with Crippen LogP contribution in [-0.2, 0) is 17.8 Å². The molecular formula is C22H31N3O2S. The lowest BCUT2D eigenvalue weighted by molar-refractivity contribution is -0.133. The van der Waals surface area contributed by atoms with E-state index in [1.165, 1.54) is 24.1 Å². The Kier molecular flexibility index (Phi) is 5.25. The SMILES string of the molecule is CCCN1C(=O)c2cc3sc(CC)cc3n2C[C@@]1(C)C(=O)NC1CCCCC1. The first-order chi connectivity index (χ1) is 13.5. The zero-order valence-corrected chi connectivity index (χ0v) is 18.0. The van der Waals surface area contributed by atoms with Crippen LogP contribution in [0, 0.1) is 0 Å². The summed E-state index contributed by atoms with van der Waals surface area (Å²) in [6.45, 7) is 7.28. The minimum atomic E-state index is -0.849. The van der Waals surface area contributed by atoms with Crippen molar-refractivity contribution in [1.29, 1.82) is 0 Å². The summed E-state index contributed by atoms with van der Waals surface area (Å²) >= 11 is 1.75. The first-order valence-electron chi connectivity index (χ1n) is 10.7. The molecule has 2 aromatic heterocycles. The van der Waals surface area contributed by atoms with Crippen LogP contribution in [0.4, 0.5) is 0 Å². The molecule has 28 heavy (non-hydrogen) atoms. The highest BCUT2D eigenvalue weighted by Gasteiger charge is 2.47. The fourth-order valence-corrected chi connectivity index (χ4v) is 5.77. The summed E-state index contributed by atoms with van der Waals surface area (Å²) < 4.78 is 3.23. The quantitative estimate of drug-likeness (QED) is 0.810. The molecule has 1 aliphatic heterocycles. The fraction of sp³-hybridized carbons (Fsp3) is 0.636. The first-order valence-corrected chi connectivity index (χ1v) is 11.5. The number of nitrogens with zero attached hydrogens (tertiary/aromatic N) is 2. The molecule has 3 heterocycles. The van der Waals surface area contributed by atoms with Crippen LogP contribution in [0.15, 0.2) is 12.1 Å². The molecule has 0 spiro atoms. The highest BCUT2D eigenvalue weighted by Crippen LogP contribution is 2.36. The Balaban J connectivity index is 1.70. The molecule has 1 aliphatic carbocycles. The van der Waals surface area contributed by atoms with Crippen LogP contribution >= 0.6 is 11.3 Å². The molecule has 6 heteroatoms. The second-order valence-electron chi connectivity index (χ2n) is 8.47. The van der Waals surface area contributed by atoms with Gasteiger partial charge in [0.15, 0.2) is 0 Å². The maximum atomic E-state index is 13.4.